The average Bonchev–Trinajstić information content (AvgIpc) is 2.63. The summed E-state index contributed by atoms with van der Waals surface area (Å²) in [5, 5.41) is 6.18. The molecule has 1 fully saturated rings. The van der Waals surface area contributed by atoms with E-state index in [-0.39, 0.29) is 24.1 Å². The minimum Gasteiger partial charge on any atom is -0.444 e. The van der Waals surface area contributed by atoms with Gasteiger partial charge in [0.15, 0.2) is 5.96 Å². The number of benzene rings is 1. The number of nitrogens with zero attached hydrogens (tertiary/aromatic N) is 2. The van der Waals surface area contributed by atoms with Crippen molar-refractivity contribution < 1.29 is 18.3 Å². The van der Waals surface area contributed by atoms with Crippen molar-refractivity contribution in [3.63, 3.8) is 0 Å². The van der Waals surface area contributed by atoms with Gasteiger partial charge in [0.2, 0.25) is 0 Å². The minimum atomic E-state index is -0.513. The van der Waals surface area contributed by atoms with E-state index >= 15 is 0 Å². The summed E-state index contributed by atoms with van der Waals surface area (Å²) in [6.45, 7) is 7.60. The van der Waals surface area contributed by atoms with Gasteiger partial charge in [0.05, 0.1) is 0 Å². The van der Waals surface area contributed by atoms with Crippen LogP contribution in [0.3, 0.4) is 0 Å². The molecule has 1 aliphatic heterocycles. The number of ether oxygens (including phenoxy) is 1. The molecule has 0 bridgehead atoms. The normalized spacial score (nSPS) is 18.0. The van der Waals surface area contributed by atoms with Gasteiger partial charge in [0, 0.05) is 38.8 Å². The van der Waals surface area contributed by atoms with Gasteiger partial charge < -0.3 is 20.3 Å². The molecule has 1 aliphatic rings. The van der Waals surface area contributed by atoms with Crippen molar-refractivity contribution in [2.45, 2.75) is 45.8 Å². The first kappa shape index (κ1) is 21.9. The van der Waals surface area contributed by atoms with Crippen LogP contribution in [0.15, 0.2) is 23.2 Å². The van der Waals surface area contributed by atoms with Gasteiger partial charge in [0.1, 0.15) is 17.2 Å². The summed E-state index contributed by atoms with van der Waals surface area (Å²) in [4.78, 5) is 18.1. The smallest absolute Gasteiger partial charge is 0.410 e. The van der Waals surface area contributed by atoms with Gasteiger partial charge in [-0.05, 0) is 57.7 Å². The molecule has 2 rings (SSSR count). The van der Waals surface area contributed by atoms with Gasteiger partial charge in [-0.3, -0.25) is 4.99 Å². The number of halogens is 2. The lowest BCUT2D eigenvalue weighted by atomic mass is 9.98. The highest BCUT2D eigenvalue weighted by molar-refractivity contribution is 5.79. The van der Waals surface area contributed by atoms with Crippen LogP contribution in [0.25, 0.3) is 0 Å². The average molecular weight is 396 g/mol. The Morgan fingerprint density at radius 1 is 1.32 bits per heavy atom. The summed E-state index contributed by atoms with van der Waals surface area (Å²) < 4.78 is 32.4. The number of carbonyl (C=O) groups is 1. The Morgan fingerprint density at radius 3 is 2.75 bits per heavy atom. The summed E-state index contributed by atoms with van der Waals surface area (Å²) >= 11 is 0. The lowest BCUT2D eigenvalue weighted by Gasteiger charge is -2.34. The SMILES string of the molecule is CN=C(NCc1cc(F)ccc1F)NCC1CCCN(C(=O)OC(C)(C)C)C1. The molecule has 8 heteroatoms. The van der Waals surface area contributed by atoms with E-state index in [1.54, 1.807) is 11.9 Å². The van der Waals surface area contributed by atoms with Crippen molar-refractivity contribution in [1.82, 2.24) is 15.5 Å². The maximum Gasteiger partial charge on any atom is 0.410 e. The van der Waals surface area contributed by atoms with Crippen LogP contribution >= 0.6 is 0 Å². The predicted octanol–water partition coefficient (Wildman–Crippen LogP) is 3.28. The van der Waals surface area contributed by atoms with Gasteiger partial charge in [-0.15, -0.1) is 0 Å². The number of hydrogen-bond donors (Lipinski definition) is 2. The summed E-state index contributed by atoms with van der Waals surface area (Å²) in [5.74, 6) is -0.195. The number of rotatable bonds is 4. The molecular formula is C20H30F2N4O2. The second-order valence-electron chi connectivity index (χ2n) is 7.98. The lowest BCUT2D eigenvalue weighted by molar-refractivity contribution is 0.0168. The Labute approximate surface area is 165 Å². The van der Waals surface area contributed by atoms with Gasteiger partial charge in [0.25, 0.3) is 0 Å². The molecular weight excluding hydrogens is 366 g/mol. The zero-order valence-electron chi connectivity index (χ0n) is 17.0. The van der Waals surface area contributed by atoms with E-state index in [4.69, 9.17) is 4.74 Å². The summed E-state index contributed by atoms with van der Waals surface area (Å²) in [6, 6.07) is 3.36. The molecule has 1 aromatic carbocycles. The topological polar surface area (TPSA) is 66.0 Å². The van der Waals surface area contributed by atoms with Crippen molar-refractivity contribution in [3.8, 4) is 0 Å². The Balaban J connectivity index is 1.82. The van der Waals surface area contributed by atoms with Crippen molar-refractivity contribution >= 4 is 12.1 Å². The van der Waals surface area contributed by atoms with Crippen LogP contribution in [-0.4, -0.2) is 49.2 Å². The zero-order chi connectivity index (χ0) is 20.7. The number of carbonyl (C=O) groups excluding carboxylic acids is 1. The van der Waals surface area contributed by atoms with Crippen LogP contribution in [0.4, 0.5) is 13.6 Å². The van der Waals surface area contributed by atoms with Crippen LogP contribution in [0, 0.1) is 17.6 Å². The number of hydrogen-bond acceptors (Lipinski definition) is 3. The van der Waals surface area contributed by atoms with E-state index in [9.17, 15) is 13.6 Å². The first-order valence-electron chi connectivity index (χ1n) is 9.54. The van der Waals surface area contributed by atoms with Crippen molar-refractivity contribution in [3.05, 3.63) is 35.4 Å². The molecule has 28 heavy (non-hydrogen) atoms. The Morgan fingerprint density at radius 2 is 2.07 bits per heavy atom. The van der Waals surface area contributed by atoms with E-state index in [1.165, 1.54) is 0 Å². The molecule has 0 aromatic heterocycles. The van der Waals surface area contributed by atoms with E-state index in [0.717, 1.165) is 31.0 Å². The Kier molecular flexibility index (Phi) is 7.60. The Bertz CT molecular complexity index is 704. The number of aliphatic imine (C=N–C) groups is 1. The third-order valence-corrected chi connectivity index (χ3v) is 4.41. The van der Waals surface area contributed by atoms with Gasteiger partial charge in [-0.2, -0.15) is 0 Å². The second-order valence-corrected chi connectivity index (χ2v) is 7.98. The molecule has 0 spiro atoms. The number of piperidine rings is 1. The molecule has 0 aliphatic carbocycles. The van der Waals surface area contributed by atoms with Gasteiger partial charge in [-0.25, -0.2) is 13.6 Å². The van der Waals surface area contributed by atoms with Crippen LogP contribution in [0.1, 0.15) is 39.2 Å². The van der Waals surface area contributed by atoms with Crippen molar-refractivity contribution in [1.29, 1.82) is 0 Å². The maximum atomic E-state index is 13.7. The van der Waals surface area contributed by atoms with Gasteiger partial charge >= 0.3 is 6.09 Å². The Hall–Kier alpha value is -2.38. The fourth-order valence-corrected chi connectivity index (χ4v) is 3.04. The monoisotopic (exact) mass is 396 g/mol. The number of guanidine groups is 1. The van der Waals surface area contributed by atoms with E-state index in [1.807, 2.05) is 20.8 Å². The number of nitrogens with one attached hydrogen (secondary N) is 2. The summed E-state index contributed by atoms with van der Waals surface area (Å²) in [5.41, 5.74) is -0.280. The standard InChI is InChI=1S/C20H30F2N4O2/c1-20(2,3)28-19(27)26-9-5-6-14(13-26)11-24-18(23-4)25-12-15-10-16(21)7-8-17(15)22/h7-8,10,14H,5-6,9,11-13H2,1-4H3,(H2,23,24,25). The summed E-state index contributed by atoms with van der Waals surface area (Å²) in [6.07, 6.45) is 1.61. The third-order valence-electron chi connectivity index (χ3n) is 4.41. The molecule has 1 unspecified atom stereocenters. The van der Waals surface area contributed by atoms with Crippen LogP contribution in [-0.2, 0) is 11.3 Å². The molecule has 0 radical (unpaired) electrons. The van der Waals surface area contributed by atoms with Gasteiger partial charge in [-0.1, -0.05) is 0 Å². The maximum absolute atomic E-state index is 13.7. The molecule has 6 nitrogen and oxygen atoms in total. The first-order chi connectivity index (χ1) is 13.2. The molecule has 2 N–H and O–H groups in total. The van der Waals surface area contributed by atoms with E-state index in [2.05, 4.69) is 15.6 Å². The number of amides is 1. The van der Waals surface area contributed by atoms with E-state index < -0.39 is 17.2 Å². The van der Waals surface area contributed by atoms with Crippen molar-refractivity contribution in [2.24, 2.45) is 10.9 Å². The third kappa shape index (κ3) is 6.98. The van der Waals surface area contributed by atoms with Crippen LogP contribution in [0.2, 0.25) is 0 Å². The fraction of sp³-hybridized carbons (Fsp3) is 0.600. The molecule has 1 amide bonds. The molecule has 1 heterocycles. The first-order valence-corrected chi connectivity index (χ1v) is 9.54. The number of likely N-dealkylation sites (tertiary alicyclic amines) is 1. The van der Waals surface area contributed by atoms with E-state index in [0.29, 0.717) is 25.6 Å². The highest BCUT2D eigenvalue weighted by atomic mass is 19.1. The quantitative estimate of drug-likeness (QED) is 0.606. The minimum absolute atomic E-state index is 0.123. The zero-order valence-corrected chi connectivity index (χ0v) is 17.0. The van der Waals surface area contributed by atoms with Crippen LogP contribution < -0.4 is 10.6 Å². The lowest BCUT2D eigenvalue weighted by Crippen LogP contribution is -2.47. The molecule has 1 atom stereocenters. The fourth-order valence-electron chi connectivity index (χ4n) is 3.04. The molecule has 156 valence electrons. The highest BCUT2D eigenvalue weighted by Gasteiger charge is 2.27. The molecule has 1 saturated heterocycles. The predicted molar refractivity (Wildman–Crippen MR) is 105 cm³/mol. The largest absolute Gasteiger partial charge is 0.444 e. The van der Waals surface area contributed by atoms with Crippen molar-refractivity contribution in [2.75, 3.05) is 26.7 Å². The second kappa shape index (κ2) is 9.71. The molecule has 0 saturated carbocycles. The highest BCUT2D eigenvalue weighted by Crippen LogP contribution is 2.19. The van der Waals surface area contributed by atoms with Crippen LogP contribution in [0.5, 0.6) is 0 Å². The summed E-state index contributed by atoms with van der Waals surface area (Å²) in [7, 11) is 1.62. The molecule has 1 aromatic rings.